The number of nitrogens with one attached hydrogen (secondary N) is 1. The number of carbonyl (C=O) groups is 2. The Morgan fingerprint density at radius 2 is 1.62 bits per heavy atom. The Morgan fingerprint density at radius 1 is 0.941 bits per heavy atom. The lowest BCUT2D eigenvalue weighted by molar-refractivity contribution is -0.139. The molecule has 2 saturated heterocycles. The highest BCUT2D eigenvalue weighted by molar-refractivity contribution is 7.18. The first kappa shape index (κ1) is 22.8. The lowest BCUT2D eigenvalue weighted by atomic mass is 9.91. The number of rotatable bonds is 4. The van der Waals surface area contributed by atoms with Crippen LogP contribution in [0.4, 0.5) is 11.5 Å². The number of para-hydroxylation sites is 1. The molecule has 2 fully saturated rings. The summed E-state index contributed by atoms with van der Waals surface area (Å²) in [4.78, 5) is 41.5. The van der Waals surface area contributed by atoms with Gasteiger partial charge in [0.05, 0.1) is 5.39 Å². The first-order valence-electron chi connectivity index (χ1n) is 12.1. The summed E-state index contributed by atoms with van der Waals surface area (Å²) in [5.41, 5.74) is 2.08. The van der Waals surface area contributed by atoms with Gasteiger partial charge in [0.15, 0.2) is 0 Å². The van der Waals surface area contributed by atoms with Crippen molar-refractivity contribution in [1.29, 1.82) is 0 Å². The van der Waals surface area contributed by atoms with Crippen molar-refractivity contribution >= 4 is 44.9 Å². The largest absolute Gasteiger partial charge is 0.356 e. The van der Waals surface area contributed by atoms with E-state index >= 15 is 0 Å². The second-order valence-corrected chi connectivity index (χ2v) is 10.6. The first-order valence-corrected chi connectivity index (χ1v) is 12.9. The molecule has 0 bridgehead atoms. The van der Waals surface area contributed by atoms with Crippen molar-refractivity contribution in [3.05, 3.63) is 47.1 Å². The van der Waals surface area contributed by atoms with Gasteiger partial charge in [0.25, 0.3) is 0 Å². The van der Waals surface area contributed by atoms with Crippen LogP contribution in [-0.2, 0) is 9.59 Å². The van der Waals surface area contributed by atoms with Gasteiger partial charge in [-0.3, -0.25) is 9.59 Å². The van der Waals surface area contributed by atoms with E-state index in [0.717, 1.165) is 60.5 Å². The number of nitrogens with zero attached hydrogens (tertiary/aromatic N) is 4. The van der Waals surface area contributed by atoms with Crippen molar-refractivity contribution in [1.82, 2.24) is 14.9 Å². The van der Waals surface area contributed by atoms with Crippen molar-refractivity contribution in [3.63, 3.8) is 0 Å². The number of amides is 2. The molecule has 178 valence electrons. The molecule has 2 aromatic heterocycles. The highest BCUT2D eigenvalue weighted by Gasteiger charge is 2.33. The van der Waals surface area contributed by atoms with E-state index in [0.29, 0.717) is 13.1 Å². The van der Waals surface area contributed by atoms with E-state index in [1.54, 1.807) is 17.7 Å². The fraction of sp³-hybridized carbons (Fsp3) is 0.462. The molecule has 2 aliphatic rings. The zero-order valence-electron chi connectivity index (χ0n) is 19.8. The van der Waals surface area contributed by atoms with Crippen LogP contribution in [-0.4, -0.2) is 52.9 Å². The molecule has 0 aliphatic carbocycles. The Hall–Kier alpha value is -3.00. The summed E-state index contributed by atoms with van der Waals surface area (Å²) in [5, 5.41) is 4.16. The number of piperidine rings is 2. The summed E-state index contributed by atoms with van der Waals surface area (Å²) in [6, 6.07) is 9.56. The van der Waals surface area contributed by atoms with Crippen LogP contribution in [0.5, 0.6) is 0 Å². The Balaban J connectivity index is 1.15. The standard InChI is InChI=1S/C26H31N5O2S/c1-17-18(2)34-25-22(17)23(27-16-28-25)30-12-10-20(11-13-30)26(33)31-14-8-19(9-15-31)24(32)29-21-6-4-3-5-7-21/h3-7,16,19-20H,8-15H2,1-2H3,(H,29,32). The maximum atomic E-state index is 13.2. The molecule has 2 aliphatic heterocycles. The monoisotopic (exact) mass is 477 g/mol. The van der Waals surface area contributed by atoms with E-state index < -0.39 is 0 Å². The third kappa shape index (κ3) is 4.51. The molecule has 4 heterocycles. The fourth-order valence-electron chi connectivity index (χ4n) is 5.13. The molecule has 0 atom stereocenters. The van der Waals surface area contributed by atoms with Crippen LogP contribution in [0.15, 0.2) is 36.7 Å². The molecule has 1 N–H and O–H groups in total. The molecule has 0 saturated carbocycles. The zero-order chi connectivity index (χ0) is 23.7. The summed E-state index contributed by atoms with van der Waals surface area (Å²) in [5.74, 6) is 1.32. The molecule has 1 aromatic carbocycles. The van der Waals surface area contributed by atoms with Gasteiger partial charge in [0, 0.05) is 48.6 Å². The van der Waals surface area contributed by atoms with Crippen LogP contribution in [0, 0.1) is 25.7 Å². The Kier molecular flexibility index (Phi) is 6.50. The van der Waals surface area contributed by atoms with Crippen LogP contribution in [0.2, 0.25) is 0 Å². The van der Waals surface area contributed by atoms with Gasteiger partial charge in [-0.2, -0.15) is 0 Å². The minimum atomic E-state index is -0.0383. The Morgan fingerprint density at radius 3 is 2.32 bits per heavy atom. The number of likely N-dealkylation sites (tertiary alicyclic amines) is 1. The van der Waals surface area contributed by atoms with Crippen LogP contribution >= 0.6 is 11.3 Å². The van der Waals surface area contributed by atoms with Gasteiger partial charge in [-0.25, -0.2) is 9.97 Å². The van der Waals surface area contributed by atoms with E-state index in [9.17, 15) is 9.59 Å². The molecule has 5 rings (SSSR count). The van der Waals surface area contributed by atoms with Crippen LogP contribution in [0.3, 0.4) is 0 Å². The predicted octanol–water partition coefficient (Wildman–Crippen LogP) is 4.40. The number of anilines is 2. The Labute approximate surface area is 204 Å². The second kappa shape index (κ2) is 9.70. The molecular formula is C26H31N5O2S. The maximum Gasteiger partial charge on any atom is 0.227 e. The van der Waals surface area contributed by atoms with Crippen LogP contribution < -0.4 is 10.2 Å². The number of fused-ring (bicyclic) bond motifs is 1. The van der Waals surface area contributed by atoms with E-state index in [1.165, 1.54) is 10.4 Å². The quantitative estimate of drug-likeness (QED) is 0.603. The Bertz CT molecular complexity index is 1180. The van der Waals surface area contributed by atoms with Gasteiger partial charge in [-0.05, 0) is 57.2 Å². The summed E-state index contributed by atoms with van der Waals surface area (Å²) in [6.45, 7) is 7.24. The van der Waals surface area contributed by atoms with Crippen molar-refractivity contribution in [2.24, 2.45) is 11.8 Å². The van der Waals surface area contributed by atoms with E-state index in [-0.39, 0.29) is 23.7 Å². The van der Waals surface area contributed by atoms with Crippen molar-refractivity contribution in [2.45, 2.75) is 39.5 Å². The molecule has 8 heteroatoms. The summed E-state index contributed by atoms with van der Waals surface area (Å²) < 4.78 is 0. The normalized spacial score (nSPS) is 17.8. The van der Waals surface area contributed by atoms with Crippen molar-refractivity contribution < 1.29 is 9.59 Å². The van der Waals surface area contributed by atoms with Gasteiger partial charge < -0.3 is 15.1 Å². The van der Waals surface area contributed by atoms with Gasteiger partial charge in [-0.1, -0.05) is 18.2 Å². The number of aromatic nitrogens is 2. The van der Waals surface area contributed by atoms with Gasteiger partial charge in [0.1, 0.15) is 17.0 Å². The number of carbonyl (C=O) groups excluding carboxylic acids is 2. The van der Waals surface area contributed by atoms with E-state index in [4.69, 9.17) is 0 Å². The van der Waals surface area contributed by atoms with Gasteiger partial charge in [-0.15, -0.1) is 11.3 Å². The number of thiophene rings is 1. The summed E-state index contributed by atoms with van der Waals surface area (Å²) >= 11 is 1.72. The third-order valence-corrected chi connectivity index (χ3v) is 8.42. The molecule has 0 unspecified atom stereocenters. The zero-order valence-corrected chi connectivity index (χ0v) is 20.6. The molecule has 7 nitrogen and oxygen atoms in total. The number of aryl methyl sites for hydroxylation is 2. The minimum Gasteiger partial charge on any atom is -0.356 e. The van der Waals surface area contributed by atoms with Crippen molar-refractivity contribution in [3.8, 4) is 0 Å². The smallest absolute Gasteiger partial charge is 0.227 e. The van der Waals surface area contributed by atoms with Crippen LogP contribution in [0.25, 0.3) is 10.2 Å². The third-order valence-electron chi connectivity index (χ3n) is 7.31. The maximum absolute atomic E-state index is 13.2. The van der Waals surface area contributed by atoms with E-state index in [1.807, 2.05) is 35.2 Å². The van der Waals surface area contributed by atoms with E-state index in [2.05, 4.69) is 34.0 Å². The average Bonchev–Trinajstić information content (AvgIpc) is 3.18. The first-order chi connectivity index (χ1) is 16.5. The van der Waals surface area contributed by atoms with Crippen LogP contribution in [0.1, 0.15) is 36.1 Å². The second-order valence-electron chi connectivity index (χ2n) is 9.38. The molecule has 34 heavy (non-hydrogen) atoms. The number of hydrogen-bond acceptors (Lipinski definition) is 6. The predicted molar refractivity (Wildman–Crippen MR) is 136 cm³/mol. The minimum absolute atomic E-state index is 0.0383. The molecule has 0 radical (unpaired) electrons. The molecule has 0 spiro atoms. The lowest BCUT2D eigenvalue weighted by Crippen LogP contribution is -2.46. The van der Waals surface area contributed by atoms with Crippen molar-refractivity contribution in [2.75, 3.05) is 36.4 Å². The SMILES string of the molecule is Cc1sc2ncnc(N3CCC(C(=O)N4CCC(C(=O)Nc5ccccc5)CC4)CC3)c2c1C. The number of hydrogen-bond donors (Lipinski definition) is 1. The lowest BCUT2D eigenvalue weighted by Gasteiger charge is -2.37. The average molecular weight is 478 g/mol. The summed E-state index contributed by atoms with van der Waals surface area (Å²) in [7, 11) is 0. The molecule has 2 amide bonds. The highest BCUT2D eigenvalue weighted by Crippen LogP contribution is 2.36. The topological polar surface area (TPSA) is 78.4 Å². The van der Waals surface area contributed by atoms with Gasteiger partial charge >= 0.3 is 0 Å². The van der Waals surface area contributed by atoms with Gasteiger partial charge in [0.2, 0.25) is 11.8 Å². The number of benzene rings is 1. The highest BCUT2D eigenvalue weighted by atomic mass is 32.1. The fourth-order valence-corrected chi connectivity index (χ4v) is 6.12. The molecular weight excluding hydrogens is 446 g/mol. The molecule has 3 aromatic rings. The summed E-state index contributed by atoms with van der Waals surface area (Å²) in [6.07, 6.45) is 4.77.